The minimum Gasteiger partial charge on any atom is -0.399 e. The molecule has 19 heavy (non-hydrogen) atoms. The van der Waals surface area contributed by atoms with Crippen molar-refractivity contribution in [2.75, 3.05) is 17.2 Å². The largest absolute Gasteiger partial charge is 0.399 e. The Labute approximate surface area is 113 Å². The SMILES string of the molecule is Cc1cc(CN2CCCc3cc(N)ccc32)n(C)n1. The van der Waals surface area contributed by atoms with Gasteiger partial charge in [-0.3, -0.25) is 4.68 Å². The Hall–Kier alpha value is -1.97. The molecule has 100 valence electrons. The van der Waals surface area contributed by atoms with E-state index in [4.69, 9.17) is 5.73 Å². The van der Waals surface area contributed by atoms with Crippen LogP contribution in [-0.2, 0) is 20.0 Å². The maximum absolute atomic E-state index is 5.87. The first-order valence-electron chi connectivity index (χ1n) is 6.76. The minimum absolute atomic E-state index is 0.858. The summed E-state index contributed by atoms with van der Waals surface area (Å²) in [6, 6.07) is 8.40. The molecule has 0 radical (unpaired) electrons. The van der Waals surface area contributed by atoms with Crippen molar-refractivity contribution in [1.82, 2.24) is 9.78 Å². The highest BCUT2D eigenvalue weighted by Gasteiger charge is 2.18. The van der Waals surface area contributed by atoms with Gasteiger partial charge in [0.25, 0.3) is 0 Å². The molecule has 1 aromatic carbocycles. The summed E-state index contributed by atoms with van der Waals surface area (Å²) in [4.78, 5) is 2.43. The second kappa shape index (κ2) is 4.61. The zero-order chi connectivity index (χ0) is 13.4. The van der Waals surface area contributed by atoms with E-state index in [0.717, 1.165) is 30.9 Å². The quantitative estimate of drug-likeness (QED) is 0.838. The molecule has 0 aliphatic carbocycles. The Morgan fingerprint density at radius 3 is 2.89 bits per heavy atom. The number of aromatic nitrogens is 2. The summed E-state index contributed by atoms with van der Waals surface area (Å²) >= 11 is 0. The van der Waals surface area contributed by atoms with Crippen LogP contribution in [0.1, 0.15) is 23.4 Å². The molecule has 2 N–H and O–H groups in total. The number of nitrogens with zero attached hydrogens (tertiary/aromatic N) is 3. The molecule has 2 aromatic rings. The highest BCUT2D eigenvalue weighted by Crippen LogP contribution is 2.29. The van der Waals surface area contributed by atoms with Crippen LogP contribution in [0.15, 0.2) is 24.3 Å². The summed E-state index contributed by atoms with van der Waals surface area (Å²) in [7, 11) is 2.01. The lowest BCUT2D eigenvalue weighted by molar-refractivity contribution is 0.643. The molecule has 0 atom stereocenters. The molecule has 0 saturated carbocycles. The summed E-state index contributed by atoms with van der Waals surface area (Å²) in [5.74, 6) is 0. The van der Waals surface area contributed by atoms with Crippen LogP contribution in [0, 0.1) is 6.92 Å². The van der Waals surface area contributed by atoms with Crippen molar-refractivity contribution in [3.63, 3.8) is 0 Å². The second-order valence-electron chi connectivity index (χ2n) is 5.31. The Morgan fingerprint density at radius 1 is 1.32 bits per heavy atom. The van der Waals surface area contributed by atoms with Gasteiger partial charge in [0.05, 0.1) is 17.9 Å². The van der Waals surface area contributed by atoms with E-state index in [0.29, 0.717) is 0 Å². The fraction of sp³-hybridized carbons (Fsp3) is 0.400. The van der Waals surface area contributed by atoms with E-state index in [1.165, 1.54) is 23.4 Å². The first-order valence-corrected chi connectivity index (χ1v) is 6.76. The smallest absolute Gasteiger partial charge is 0.0599 e. The van der Waals surface area contributed by atoms with Crippen LogP contribution >= 0.6 is 0 Å². The number of benzene rings is 1. The van der Waals surface area contributed by atoms with Crippen molar-refractivity contribution in [2.45, 2.75) is 26.3 Å². The predicted octanol–water partition coefficient (Wildman–Crippen LogP) is 2.26. The molecule has 2 heterocycles. The Kier molecular flexibility index (Phi) is 2.93. The summed E-state index contributed by atoms with van der Waals surface area (Å²) < 4.78 is 1.97. The first kappa shape index (κ1) is 12.1. The molecule has 1 aliphatic rings. The predicted molar refractivity (Wildman–Crippen MR) is 78.2 cm³/mol. The number of aryl methyl sites for hydroxylation is 3. The second-order valence-corrected chi connectivity index (χ2v) is 5.31. The summed E-state index contributed by atoms with van der Waals surface area (Å²) in [6.45, 7) is 4.05. The molecule has 4 nitrogen and oxygen atoms in total. The molecule has 0 unspecified atom stereocenters. The van der Waals surface area contributed by atoms with E-state index >= 15 is 0 Å². The van der Waals surface area contributed by atoms with Crippen LogP contribution in [0.4, 0.5) is 11.4 Å². The number of rotatable bonds is 2. The zero-order valence-electron chi connectivity index (χ0n) is 11.6. The average molecular weight is 256 g/mol. The van der Waals surface area contributed by atoms with Gasteiger partial charge in [0.1, 0.15) is 0 Å². The third-order valence-corrected chi connectivity index (χ3v) is 3.77. The number of anilines is 2. The zero-order valence-corrected chi connectivity index (χ0v) is 11.6. The molecule has 3 rings (SSSR count). The lowest BCUT2D eigenvalue weighted by atomic mass is 10.0. The molecule has 0 fully saturated rings. The fourth-order valence-electron chi connectivity index (χ4n) is 2.87. The third kappa shape index (κ3) is 2.30. The Balaban J connectivity index is 1.89. The highest BCUT2D eigenvalue weighted by atomic mass is 15.3. The maximum atomic E-state index is 5.87. The van der Waals surface area contributed by atoms with E-state index in [1.54, 1.807) is 0 Å². The van der Waals surface area contributed by atoms with E-state index in [1.807, 2.05) is 24.7 Å². The van der Waals surface area contributed by atoms with Crippen molar-refractivity contribution >= 4 is 11.4 Å². The normalized spacial score (nSPS) is 14.5. The molecular formula is C15H20N4. The van der Waals surface area contributed by atoms with E-state index in [2.05, 4.69) is 28.2 Å². The highest BCUT2D eigenvalue weighted by molar-refractivity contribution is 5.61. The topological polar surface area (TPSA) is 47.1 Å². The van der Waals surface area contributed by atoms with Gasteiger partial charge in [-0.25, -0.2) is 0 Å². The lowest BCUT2D eigenvalue weighted by Gasteiger charge is -2.31. The summed E-state index contributed by atoms with van der Waals surface area (Å²) in [5.41, 5.74) is 11.7. The molecule has 4 heteroatoms. The Bertz CT molecular complexity index is 600. The average Bonchev–Trinajstić information content (AvgIpc) is 2.68. The van der Waals surface area contributed by atoms with Crippen LogP contribution in [0.2, 0.25) is 0 Å². The maximum Gasteiger partial charge on any atom is 0.0599 e. The molecule has 0 bridgehead atoms. The van der Waals surface area contributed by atoms with Gasteiger partial charge in [-0.05, 0) is 49.6 Å². The van der Waals surface area contributed by atoms with Crippen LogP contribution in [0.25, 0.3) is 0 Å². The monoisotopic (exact) mass is 256 g/mol. The number of hydrogen-bond donors (Lipinski definition) is 1. The first-order chi connectivity index (χ1) is 9.13. The third-order valence-electron chi connectivity index (χ3n) is 3.77. The molecular weight excluding hydrogens is 236 g/mol. The summed E-state index contributed by atoms with van der Waals surface area (Å²) in [5, 5.41) is 4.42. The van der Waals surface area contributed by atoms with Crippen molar-refractivity contribution in [3.05, 3.63) is 41.2 Å². The van der Waals surface area contributed by atoms with Crippen molar-refractivity contribution in [1.29, 1.82) is 0 Å². The number of fused-ring (bicyclic) bond motifs is 1. The molecule has 0 amide bonds. The van der Waals surface area contributed by atoms with Gasteiger partial charge in [0, 0.05) is 25.0 Å². The van der Waals surface area contributed by atoms with Crippen molar-refractivity contribution in [2.24, 2.45) is 7.05 Å². The van der Waals surface area contributed by atoms with Gasteiger partial charge in [-0.15, -0.1) is 0 Å². The van der Waals surface area contributed by atoms with Gasteiger partial charge >= 0.3 is 0 Å². The van der Waals surface area contributed by atoms with Crippen LogP contribution in [-0.4, -0.2) is 16.3 Å². The molecule has 0 spiro atoms. The van der Waals surface area contributed by atoms with Gasteiger partial charge in [-0.1, -0.05) is 0 Å². The van der Waals surface area contributed by atoms with Crippen LogP contribution in [0.3, 0.4) is 0 Å². The molecule has 0 saturated heterocycles. The lowest BCUT2D eigenvalue weighted by Crippen LogP contribution is -2.29. The minimum atomic E-state index is 0.858. The fourth-order valence-corrected chi connectivity index (χ4v) is 2.87. The molecule has 1 aliphatic heterocycles. The number of nitrogen functional groups attached to an aromatic ring is 1. The standard InChI is InChI=1S/C15H20N4/c1-11-8-14(18(2)17-11)10-19-7-3-4-12-9-13(16)5-6-15(12)19/h5-6,8-9H,3-4,7,10,16H2,1-2H3. The van der Waals surface area contributed by atoms with Crippen LogP contribution < -0.4 is 10.6 Å². The molecule has 1 aromatic heterocycles. The van der Waals surface area contributed by atoms with E-state index in [9.17, 15) is 0 Å². The van der Waals surface area contributed by atoms with Gasteiger partial charge < -0.3 is 10.6 Å². The van der Waals surface area contributed by atoms with Crippen molar-refractivity contribution in [3.8, 4) is 0 Å². The van der Waals surface area contributed by atoms with E-state index < -0.39 is 0 Å². The van der Waals surface area contributed by atoms with Gasteiger partial charge in [-0.2, -0.15) is 5.10 Å². The van der Waals surface area contributed by atoms with E-state index in [-0.39, 0.29) is 0 Å². The number of nitrogens with two attached hydrogens (primary N) is 1. The number of hydrogen-bond acceptors (Lipinski definition) is 3. The van der Waals surface area contributed by atoms with Crippen LogP contribution in [0.5, 0.6) is 0 Å². The summed E-state index contributed by atoms with van der Waals surface area (Å²) in [6.07, 6.45) is 2.31. The van der Waals surface area contributed by atoms with Gasteiger partial charge in [0.2, 0.25) is 0 Å². The van der Waals surface area contributed by atoms with Crippen molar-refractivity contribution < 1.29 is 0 Å². The van der Waals surface area contributed by atoms with Gasteiger partial charge in [0.15, 0.2) is 0 Å². The Morgan fingerprint density at radius 2 is 2.16 bits per heavy atom.